The molecule has 7 heteroatoms. The third kappa shape index (κ3) is 4.43. The molecule has 3 aromatic rings. The largest absolute Gasteiger partial charge is 0.341 e. The van der Waals surface area contributed by atoms with E-state index in [-0.39, 0.29) is 17.0 Å². The number of aryl methyl sites for hydroxylation is 1. The van der Waals surface area contributed by atoms with Crippen LogP contribution in [0, 0.1) is 25.2 Å². The first-order chi connectivity index (χ1) is 13.9. The lowest BCUT2D eigenvalue weighted by molar-refractivity contribution is -0.130. The fourth-order valence-corrected chi connectivity index (χ4v) is 3.37. The van der Waals surface area contributed by atoms with Gasteiger partial charge < -0.3 is 9.88 Å². The van der Waals surface area contributed by atoms with Gasteiger partial charge >= 0.3 is 0 Å². The molecule has 7 nitrogen and oxygen atoms in total. The number of H-pyrrole nitrogens is 1. The van der Waals surface area contributed by atoms with Crippen molar-refractivity contribution in [3.05, 3.63) is 81.0 Å². The number of aromatic amines is 1. The van der Waals surface area contributed by atoms with Crippen molar-refractivity contribution in [3.63, 3.8) is 0 Å². The minimum absolute atomic E-state index is 0.0130. The van der Waals surface area contributed by atoms with Gasteiger partial charge in [0.15, 0.2) is 0 Å². The van der Waals surface area contributed by atoms with E-state index in [0.717, 1.165) is 16.8 Å². The minimum atomic E-state index is -0.384. The summed E-state index contributed by atoms with van der Waals surface area (Å²) in [6, 6.07) is 11.7. The number of carbonyl (C=O) groups is 1. The molecule has 0 aliphatic carbocycles. The molecule has 148 valence electrons. The van der Waals surface area contributed by atoms with E-state index >= 15 is 0 Å². The molecule has 2 heterocycles. The van der Waals surface area contributed by atoms with Crippen molar-refractivity contribution in [1.29, 1.82) is 5.26 Å². The molecule has 1 amide bonds. The molecule has 0 spiro atoms. The first-order valence-electron chi connectivity index (χ1n) is 9.36. The third-order valence-electron chi connectivity index (χ3n) is 5.01. The van der Waals surface area contributed by atoms with E-state index in [0.29, 0.717) is 30.6 Å². The van der Waals surface area contributed by atoms with E-state index in [2.05, 4.69) is 10.1 Å². The first kappa shape index (κ1) is 20.1. The number of rotatable bonds is 6. The van der Waals surface area contributed by atoms with Crippen LogP contribution in [0.1, 0.15) is 34.4 Å². The molecule has 1 N–H and O–H groups in total. The molecule has 0 radical (unpaired) electrons. The van der Waals surface area contributed by atoms with Crippen molar-refractivity contribution in [3.8, 4) is 11.8 Å². The Morgan fingerprint density at radius 3 is 2.69 bits per heavy atom. The number of amides is 1. The zero-order valence-corrected chi connectivity index (χ0v) is 16.8. The van der Waals surface area contributed by atoms with Gasteiger partial charge in [-0.3, -0.25) is 9.59 Å². The Morgan fingerprint density at radius 2 is 2.00 bits per heavy atom. The van der Waals surface area contributed by atoms with Gasteiger partial charge in [-0.25, -0.2) is 4.68 Å². The normalized spacial score (nSPS) is 10.6. The van der Waals surface area contributed by atoms with Crippen molar-refractivity contribution in [1.82, 2.24) is 19.7 Å². The Balaban J connectivity index is 1.65. The van der Waals surface area contributed by atoms with E-state index in [1.54, 1.807) is 36.7 Å². The SMILES string of the molecule is Cc1[nH]c(=O)c(C#N)c(C)c1CCC(=O)N(C)Cc1cnn(-c2ccccc2)c1. The molecule has 0 fully saturated rings. The maximum Gasteiger partial charge on any atom is 0.266 e. The Morgan fingerprint density at radius 1 is 1.28 bits per heavy atom. The molecule has 0 saturated heterocycles. The monoisotopic (exact) mass is 389 g/mol. The second-order valence-corrected chi connectivity index (χ2v) is 7.05. The van der Waals surface area contributed by atoms with Crippen molar-refractivity contribution in [2.24, 2.45) is 0 Å². The van der Waals surface area contributed by atoms with Crippen LogP contribution in [0.3, 0.4) is 0 Å². The fourth-order valence-electron chi connectivity index (χ4n) is 3.37. The summed E-state index contributed by atoms with van der Waals surface area (Å²) in [7, 11) is 1.76. The smallest absolute Gasteiger partial charge is 0.266 e. The molecule has 2 aromatic heterocycles. The molecular weight excluding hydrogens is 366 g/mol. The molecule has 0 aliphatic rings. The number of nitriles is 1. The van der Waals surface area contributed by atoms with Gasteiger partial charge in [0.25, 0.3) is 5.56 Å². The van der Waals surface area contributed by atoms with Crippen LogP contribution < -0.4 is 5.56 Å². The second-order valence-electron chi connectivity index (χ2n) is 7.05. The summed E-state index contributed by atoms with van der Waals surface area (Å²) >= 11 is 0. The molecule has 3 rings (SSSR count). The number of para-hydroxylation sites is 1. The lowest BCUT2D eigenvalue weighted by atomic mass is 9.99. The van der Waals surface area contributed by atoms with Crippen LogP contribution in [0.5, 0.6) is 0 Å². The van der Waals surface area contributed by atoms with Crippen LogP contribution in [0.2, 0.25) is 0 Å². The first-order valence-corrected chi connectivity index (χ1v) is 9.36. The zero-order valence-electron chi connectivity index (χ0n) is 16.8. The molecule has 0 unspecified atom stereocenters. The molecule has 1 aromatic carbocycles. The predicted molar refractivity (Wildman–Crippen MR) is 110 cm³/mol. The van der Waals surface area contributed by atoms with Gasteiger partial charge in [-0.05, 0) is 43.5 Å². The summed E-state index contributed by atoms with van der Waals surface area (Å²) in [6.45, 7) is 4.00. The van der Waals surface area contributed by atoms with Crippen LogP contribution in [0.25, 0.3) is 5.69 Å². The lowest BCUT2D eigenvalue weighted by Crippen LogP contribution is -2.26. The van der Waals surface area contributed by atoms with E-state index in [9.17, 15) is 14.9 Å². The molecular formula is C22H23N5O2. The van der Waals surface area contributed by atoms with Gasteiger partial charge in [-0.2, -0.15) is 10.4 Å². The zero-order chi connectivity index (χ0) is 21.0. The van der Waals surface area contributed by atoms with E-state index in [1.807, 2.05) is 42.6 Å². The number of nitrogens with zero attached hydrogens (tertiary/aromatic N) is 4. The van der Waals surface area contributed by atoms with Gasteiger partial charge in [0.2, 0.25) is 5.91 Å². The number of pyridine rings is 1. The van der Waals surface area contributed by atoms with Crippen LogP contribution in [-0.4, -0.2) is 32.6 Å². The summed E-state index contributed by atoms with van der Waals surface area (Å²) in [5, 5.41) is 13.5. The number of carbonyl (C=O) groups excluding carboxylic acids is 1. The van der Waals surface area contributed by atoms with E-state index in [1.165, 1.54) is 0 Å². The average Bonchev–Trinajstić information content (AvgIpc) is 3.16. The maximum absolute atomic E-state index is 12.6. The van der Waals surface area contributed by atoms with Gasteiger partial charge in [-0.1, -0.05) is 18.2 Å². The van der Waals surface area contributed by atoms with Crippen LogP contribution >= 0.6 is 0 Å². The van der Waals surface area contributed by atoms with Crippen molar-refractivity contribution < 1.29 is 4.79 Å². The summed E-state index contributed by atoms with van der Waals surface area (Å²) in [5.41, 5.74) is 3.82. The van der Waals surface area contributed by atoms with Crippen molar-refractivity contribution in [2.45, 2.75) is 33.2 Å². The van der Waals surface area contributed by atoms with E-state index < -0.39 is 0 Å². The highest BCUT2D eigenvalue weighted by atomic mass is 16.2. The number of hydrogen-bond acceptors (Lipinski definition) is 4. The Bertz CT molecular complexity index is 1120. The van der Waals surface area contributed by atoms with Gasteiger partial charge in [0, 0.05) is 37.5 Å². The highest BCUT2D eigenvalue weighted by Gasteiger charge is 2.15. The topological polar surface area (TPSA) is 94.8 Å². The van der Waals surface area contributed by atoms with Gasteiger partial charge in [0.05, 0.1) is 11.9 Å². The predicted octanol–water partition coefficient (Wildman–Crippen LogP) is 2.64. The molecule has 29 heavy (non-hydrogen) atoms. The molecule has 0 aliphatic heterocycles. The third-order valence-corrected chi connectivity index (χ3v) is 5.01. The second kappa shape index (κ2) is 8.57. The molecule has 0 saturated carbocycles. The van der Waals surface area contributed by atoms with Gasteiger partial charge in [-0.15, -0.1) is 0 Å². The Hall–Kier alpha value is -3.66. The Labute approximate surface area is 169 Å². The highest BCUT2D eigenvalue weighted by Crippen LogP contribution is 2.16. The van der Waals surface area contributed by atoms with Crippen molar-refractivity contribution >= 4 is 5.91 Å². The quantitative estimate of drug-likeness (QED) is 0.701. The lowest BCUT2D eigenvalue weighted by Gasteiger charge is -2.17. The van der Waals surface area contributed by atoms with Gasteiger partial charge in [0.1, 0.15) is 11.6 Å². The molecule has 0 atom stereocenters. The van der Waals surface area contributed by atoms with Crippen LogP contribution in [0.4, 0.5) is 0 Å². The maximum atomic E-state index is 12.6. The van der Waals surface area contributed by atoms with Crippen LogP contribution in [-0.2, 0) is 17.8 Å². The standard InChI is InChI=1S/C22H23N5O2/c1-15-19(16(2)25-22(29)20(15)11-23)9-10-21(28)26(3)13-17-12-24-27(14-17)18-7-5-4-6-8-18/h4-8,12,14H,9-10,13H2,1-3H3,(H,25,29). The summed E-state index contributed by atoms with van der Waals surface area (Å²) in [6.07, 6.45) is 4.43. The number of nitrogens with one attached hydrogen (secondary N) is 1. The number of benzene rings is 1. The Kier molecular flexibility index (Phi) is 5.93. The van der Waals surface area contributed by atoms with Crippen LogP contribution in [0.15, 0.2) is 47.5 Å². The summed E-state index contributed by atoms with van der Waals surface area (Å²) < 4.78 is 1.78. The number of hydrogen-bond donors (Lipinski definition) is 1. The summed E-state index contributed by atoms with van der Waals surface area (Å²) in [4.78, 5) is 28.8. The fraction of sp³-hybridized carbons (Fsp3) is 0.273. The highest BCUT2D eigenvalue weighted by molar-refractivity contribution is 5.76. The number of aromatic nitrogens is 3. The average molecular weight is 389 g/mol. The minimum Gasteiger partial charge on any atom is -0.341 e. The molecule has 0 bridgehead atoms. The summed E-state index contributed by atoms with van der Waals surface area (Å²) in [5.74, 6) is -0.0130. The van der Waals surface area contributed by atoms with E-state index in [4.69, 9.17) is 0 Å². The van der Waals surface area contributed by atoms with Crippen molar-refractivity contribution in [2.75, 3.05) is 7.05 Å².